The SMILES string of the molecule is CCCCCC(=O)NCCOCCOCCOCCn1cc(CCC2(CC=N)N=N2)nn1.O=C1NCCN1. The van der Waals surface area contributed by atoms with Crippen LogP contribution >= 0.6 is 0 Å². The second kappa shape index (κ2) is 19.2. The summed E-state index contributed by atoms with van der Waals surface area (Å²) in [5, 5.41) is 31.5. The number of aryl methyl sites for hydroxylation is 1. The minimum atomic E-state index is -0.385. The zero-order chi connectivity index (χ0) is 27.3. The van der Waals surface area contributed by atoms with E-state index < -0.39 is 0 Å². The van der Waals surface area contributed by atoms with Gasteiger partial charge in [-0.05, 0) is 19.1 Å². The second-order valence-electron chi connectivity index (χ2n) is 8.89. The van der Waals surface area contributed by atoms with Gasteiger partial charge in [0, 0.05) is 45.1 Å². The highest BCUT2D eigenvalue weighted by Gasteiger charge is 2.38. The van der Waals surface area contributed by atoms with E-state index in [1.165, 1.54) is 6.21 Å². The van der Waals surface area contributed by atoms with Crippen LogP contribution in [0.15, 0.2) is 16.4 Å². The average molecular weight is 538 g/mol. The number of hydrogen-bond acceptors (Lipinski definition) is 10. The molecular weight excluding hydrogens is 494 g/mol. The number of carbonyl (C=O) groups excluding carboxylic acids is 2. The normalized spacial score (nSPS) is 14.8. The number of nitrogens with zero attached hydrogens (tertiary/aromatic N) is 5. The van der Waals surface area contributed by atoms with Crippen LogP contribution in [0.3, 0.4) is 0 Å². The first kappa shape index (κ1) is 31.2. The minimum absolute atomic E-state index is 0.0463. The summed E-state index contributed by atoms with van der Waals surface area (Å²) in [5.74, 6) is 0.0927. The number of carbonyl (C=O) groups is 2. The van der Waals surface area contributed by atoms with Crippen LogP contribution in [-0.4, -0.2) is 98.1 Å². The van der Waals surface area contributed by atoms with Crippen molar-refractivity contribution in [3.05, 3.63) is 11.9 Å². The van der Waals surface area contributed by atoms with E-state index in [1.807, 2.05) is 6.20 Å². The van der Waals surface area contributed by atoms with Crippen LogP contribution in [0.25, 0.3) is 0 Å². The van der Waals surface area contributed by atoms with E-state index in [9.17, 15) is 9.59 Å². The zero-order valence-electron chi connectivity index (χ0n) is 22.5. The minimum Gasteiger partial charge on any atom is -0.377 e. The smallest absolute Gasteiger partial charge is 0.314 e. The molecule has 1 fully saturated rings. The molecule has 1 aromatic heterocycles. The standard InChI is InChI=1S/C21H37N7O4.C3H6N2O/c1-2-3-4-5-20(29)23-10-12-30-14-16-32-17-15-31-13-11-28-18-19(24-27-28)6-7-21(8-9-22)25-26-21;6-3-4-1-2-5-3/h9,18,22H,2-8,10-17H2,1H3,(H,23,29);1-2H2,(H2,4,5,6). The van der Waals surface area contributed by atoms with Crippen molar-refractivity contribution >= 4 is 18.2 Å². The maximum absolute atomic E-state index is 11.5. The predicted molar refractivity (Wildman–Crippen MR) is 140 cm³/mol. The van der Waals surface area contributed by atoms with Crippen LogP contribution in [0.5, 0.6) is 0 Å². The van der Waals surface area contributed by atoms with Crippen molar-refractivity contribution in [1.82, 2.24) is 30.9 Å². The molecule has 0 aliphatic carbocycles. The number of hydrogen-bond donors (Lipinski definition) is 4. The van der Waals surface area contributed by atoms with Gasteiger partial charge in [0.15, 0.2) is 5.66 Å². The molecule has 0 spiro atoms. The lowest BCUT2D eigenvalue weighted by Crippen LogP contribution is -2.27. The summed E-state index contributed by atoms with van der Waals surface area (Å²) in [5.41, 5.74) is 0.509. The molecule has 214 valence electrons. The van der Waals surface area contributed by atoms with Gasteiger partial charge in [0.1, 0.15) is 0 Å². The number of urea groups is 1. The van der Waals surface area contributed by atoms with Crippen molar-refractivity contribution in [2.75, 3.05) is 59.3 Å². The molecule has 0 radical (unpaired) electrons. The van der Waals surface area contributed by atoms with Gasteiger partial charge in [-0.1, -0.05) is 25.0 Å². The van der Waals surface area contributed by atoms with Crippen LogP contribution in [0.2, 0.25) is 0 Å². The maximum atomic E-state index is 11.5. The highest BCUT2D eigenvalue weighted by Crippen LogP contribution is 2.35. The van der Waals surface area contributed by atoms with E-state index >= 15 is 0 Å². The van der Waals surface area contributed by atoms with Crippen molar-refractivity contribution < 1.29 is 23.8 Å². The Morgan fingerprint density at radius 2 is 1.79 bits per heavy atom. The molecule has 1 aromatic rings. The summed E-state index contributed by atoms with van der Waals surface area (Å²) in [4.78, 5) is 21.6. The highest BCUT2D eigenvalue weighted by atomic mass is 16.5. The second-order valence-corrected chi connectivity index (χ2v) is 8.89. The molecule has 4 N–H and O–H groups in total. The molecule has 0 saturated carbocycles. The van der Waals surface area contributed by atoms with Crippen molar-refractivity contribution in [3.8, 4) is 0 Å². The van der Waals surface area contributed by atoms with Crippen molar-refractivity contribution in [1.29, 1.82) is 5.41 Å². The lowest BCUT2D eigenvalue weighted by atomic mass is 10.0. The van der Waals surface area contributed by atoms with E-state index in [4.69, 9.17) is 19.6 Å². The molecule has 14 heteroatoms. The quantitative estimate of drug-likeness (QED) is 0.135. The summed E-state index contributed by atoms with van der Waals surface area (Å²) in [6.07, 6.45) is 9.06. The Kier molecular flexibility index (Phi) is 15.7. The van der Waals surface area contributed by atoms with Gasteiger partial charge in [-0.25, -0.2) is 9.48 Å². The maximum Gasteiger partial charge on any atom is 0.314 e. The third-order valence-corrected chi connectivity index (χ3v) is 5.66. The fraction of sp³-hybridized carbons (Fsp3) is 0.792. The van der Waals surface area contributed by atoms with Crippen LogP contribution in [0, 0.1) is 5.41 Å². The molecule has 2 aliphatic heterocycles. The van der Waals surface area contributed by atoms with E-state index in [0.29, 0.717) is 65.6 Å². The Labute approximate surface area is 224 Å². The van der Waals surface area contributed by atoms with E-state index in [1.54, 1.807) is 4.68 Å². The number of amides is 3. The number of nitrogens with one attached hydrogen (secondary N) is 4. The van der Waals surface area contributed by atoms with Gasteiger partial charge in [-0.2, -0.15) is 10.2 Å². The van der Waals surface area contributed by atoms with E-state index in [-0.39, 0.29) is 17.6 Å². The van der Waals surface area contributed by atoms with Gasteiger partial charge in [-0.15, -0.1) is 5.10 Å². The topological polar surface area (TPSA) is 177 Å². The first-order chi connectivity index (χ1) is 18.6. The largest absolute Gasteiger partial charge is 0.377 e. The van der Waals surface area contributed by atoms with Gasteiger partial charge < -0.3 is 35.6 Å². The number of ether oxygens (including phenoxy) is 3. The summed E-state index contributed by atoms with van der Waals surface area (Å²) in [6, 6.07) is -0.0463. The van der Waals surface area contributed by atoms with E-state index in [0.717, 1.165) is 50.9 Å². The van der Waals surface area contributed by atoms with Crippen LogP contribution in [-0.2, 0) is 32.0 Å². The van der Waals surface area contributed by atoms with Crippen molar-refractivity contribution in [2.45, 2.75) is 64.1 Å². The molecule has 14 nitrogen and oxygen atoms in total. The molecular formula is C24H43N9O5. The van der Waals surface area contributed by atoms with Crippen LogP contribution < -0.4 is 16.0 Å². The van der Waals surface area contributed by atoms with Gasteiger partial charge in [0.25, 0.3) is 0 Å². The van der Waals surface area contributed by atoms with Gasteiger partial charge >= 0.3 is 6.03 Å². The first-order valence-corrected chi connectivity index (χ1v) is 13.4. The molecule has 3 amide bonds. The fourth-order valence-corrected chi connectivity index (χ4v) is 3.41. The molecule has 0 bridgehead atoms. The number of aromatic nitrogens is 3. The predicted octanol–water partition coefficient (Wildman–Crippen LogP) is 1.46. The molecule has 0 aromatic carbocycles. The summed E-state index contributed by atoms with van der Waals surface area (Å²) < 4.78 is 18.2. The number of unbranched alkanes of at least 4 members (excludes halogenated alkanes) is 2. The van der Waals surface area contributed by atoms with Crippen molar-refractivity contribution in [3.63, 3.8) is 0 Å². The fourth-order valence-electron chi connectivity index (χ4n) is 3.41. The Morgan fingerprint density at radius 3 is 2.39 bits per heavy atom. The summed E-state index contributed by atoms with van der Waals surface area (Å²) in [7, 11) is 0. The molecule has 2 aliphatic rings. The molecule has 0 unspecified atom stereocenters. The van der Waals surface area contributed by atoms with Crippen LogP contribution in [0.4, 0.5) is 4.79 Å². The lowest BCUT2D eigenvalue weighted by molar-refractivity contribution is -0.121. The average Bonchev–Trinajstić information content (AvgIpc) is 3.26. The molecule has 3 rings (SSSR count). The molecule has 0 atom stereocenters. The van der Waals surface area contributed by atoms with Crippen LogP contribution in [0.1, 0.15) is 51.1 Å². The molecule has 38 heavy (non-hydrogen) atoms. The first-order valence-electron chi connectivity index (χ1n) is 13.4. The third-order valence-electron chi connectivity index (χ3n) is 5.66. The van der Waals surface area contributed by atoms with E-state index in [2.05, 4.69) is 43.4 Å². The zero-order valence-corrected chi connectivity index (χ0v) is 22.5. The number of rotatable bonds is 21. The third kappa shape index (κ3) is 14.7. The van der Waals surface area contributed by atoms with Crippen molar-refractivity contribution in [2.24, 2.45) is 10.2 Å². The molecule has 1 saturated heterocycles. The lowest BCUT2D eigenvalue weighted by Gasteiger charge is -2.08. The Balaban J connectivity index is 0.000000739. The van der Waals surface area contributed by atoms with Gasteiger partial charge in [-0.3, -0.25) is 4.79 Å². The Hall–Kier alpha value is -2.97. The monoisotopic (exact) mass is 537 g/mol. The Morgan fingerprint density at radius 1 is 1.11 bits per heavy atom. The Bertz CT molecular complexity index is 835. The highest BCUT2D eigenvalue weighted by molar-refractivity contribution is 5.76. The van der Waals surface area contributed by atoms with Gasteiger partial charge in [0.05, 0.1) is 51.9 Å². The summed E-state index contributed by atoms with van der Waals surface area (Å²) in [6.45, 7) is 7.86. The van der Waals surface area contributed by atoms with Gasteiger partial charge in [0.2, 0.25) is 5.91 Å². The molecule has 3 heterocycles. The summed E-state index contributed by atoms with van der Waals surface area (Å²) >= 11 is 0.